The fraction of sp³-hybridized carbons (Fsp3) is 0.250. The minimum atomic E-state index is 0.643. The summed E-state index contributed by atoms with van der Waals surface area (Å²) in [6.07, 6.45) is 0.876. The lowest BCUT2D eigenvalue weighted by Crippen LogP contribution is -2.30. The van der Waals surface area contributed by atoms with E-state index < -0.39 is 0 Å². The molecule has 3 nitrogen and oxygen atoms in total. The molecule has 0 atom stereocenters. The summed E-state index contributed by atoms with van der Waals surface area (Å²) in [6, 6.07) is 12.1. The standard InChI is InChI=1S/C20H22ClN3S/c1-12-5-4-6-18(13(12)2)24-20(25)22-10-9-16-14(3)23-19-8-7-15(21)11-17(16)19/h4-8,11,23H,9-10H2,1-3H3,(H2,22,24,25). The number of H-pyrrole nitrogens is 1. The fourth-order valence-electron chi connectivity index (χ4n) is 3.03. The first-order valence-electron chi connectivity index (χ1n) is 8.33. The zero-order valence-corrected chi connectivity index (χ0v) is 16.2. The lowest BCUT2D eigenvalue weighted by Gasteiger charge is -2.14. The van der Waals surface area contributed by atoms with E-state index in [2.05, 4.69) is 42.5 Å². The molecule has 0 aliphatic rings. The molecule has 25 heavy (non-hydrogen) atoms. The lowest BCUT2D eigenvalue weighted by atomic mass is 10.1. The van der Waals surface area contributed by atoms with Crippen LogP contribution in [0.15, 0.2) is 36.4 Å². The van der Waals surface area contributed by atoms with Crippen molar-refractivity contribution in [2.24, 2.45) is 0 Å². The molecule has 0 aliphatic carbocycles. The van der Waals surface area contributed by atoms with Gasteiger partial charge < -0.3 is 15.6 Å². The maximum atomic E-state index is 6.14. The minimum Gasteiger partial charge on any atom is -0.362 e. The molecule has 0 saturated carbocycles. The van der Waals surface area contributed by atoms with Crippen LogP contribution in [0.2, 0.25) is 5.02 Å². The number of aromatic amines is 1. The molecule has 0 bridgehead atoms. The molecule has 3 aromatic rings. The maximum Gasteiger partial charge on any atom is 0.170 e. The maximum absolute atomic E-state index is 6.14. The summed E-state index contributed by atoms with van der Waals surface area (Å²) in [5.41, 5.74) is 7.08. The Hall–Kier alpha value is -2.04. The molecule has 3 rings (SSSR count). The van der Waals surface area contributed by atoms with Crippen molar-refractivity contribution in [2.75, 3.05) is 11.9 Å². The van der Waals surface area contributed by atoms with Gasteiger partial charge in [0.2, 0.25) is 0 Å². The highest BCUT2D eigenvalue weighted by atomic mass is 35.5. The van der Waals surface area contributed by atoms with Crippen LogP contribution in [0.1, 0.15) is 22.4 Å². The molecular weight excluding hydrogens is 350 g/mol. The SMILES string of the molecule is Cc1cccc(NC(=S)NCCc2c(C)[nH]c3ccc(Cl)cc23)c1C. The number of aromatic nitrogens is 1. The first-order valence-corrected chi connectivity index (χ1v) is 9.12. The molecule has 0 spiro atoms. The van der Waals surface area contributed by atoms with E-state index in [1.165, 1.54) is 27.8 Å². The van der Waals surface area contributed by atoms with E-state index in [1.807, 2.05) is 30.3 Å². The van der Waals surface area contributed by atoms with E-state index >= 15 is 0 Å². The third kappa shape index (κ3) is 3.97. The molecule has 0 fully saturated rings. The van der Waals surface area contributed by atoms with Gasteiger partial charge in [-0.05, 0) is 80.4 Å². The zero-order valence-electron chi connectivity index (χ0n) is 14.7. The average Bonchev–Trinajstić information content (AvgIpc) is 2.87. The van der Waals surface area contributed by atoms with E-state index in [0.29, 0.717) is 5.11 Å². The van der Waals surface area contributed by atoms with Crippen LogP contribution in [0.3, 0.4) is 0 Å². The molecule has 2 aromatic carbocycles. The topological polar surface area (TPSA) is 39.8 Å². The molecule has 0 radical (unpaired) electrons. The van der Waals surface area contributed by atoms with Gasteiger partial charge in [-0.3, -0.25) is 0 Å². The summed E-state index contributed by atoms with van der Waals surface area (Å²) in [4.78, 5) is 3.41. The van der Waals surface area contributed by atoms with Gasteiger partial charge in [-0.25, -0.2) is 0 Å². The Bertz CT molecular complexity index is 930. The molecule has 1 aromatic heterocycles. The van der Waals surface area contributed by atoms with Crippen LogP contribution in [-0.2, 0) is 6.42 Å². The monoisotopic (exact) mass is 371 g/mol. The zero-order chi connectivity index (χ0) is 18.0. The Morgan fingerprint density at radius 3 is 2.76 bits per heavy atom. The highest BCUT2D eigenvalue weighted by molar-refractivity contribution is 7.80. The molecule has 0 saturated heterocycles. The number of rotatable bonds is 4. The number of halogens is 1. The Labute approximate surface area is 158 Å². The smallest absolute Gasteiger partial charge is 0.170 e. The number of fused-ring (bicyclic) bond motifs is 1. The Balaban J connectivity index is 1.63. The van der Waals surface area contributed by atoms with Gasteiger partial charge >= 0.3 is 0 Å². The summed E-state index contributed by atoms with van der Waals surface area (Å²) < 4.78 is 0. The summed E-state index contributed by atoms with van der Waals surface area (Å²) in [5, 5.41) is 9.16. The molecule has 0 unspecified atom stereocenters. The van der Waals surface area contributed by atoms with E-state index in [1.54, 1.807) is 0 Å². The predicted octanol–water partition coefficient (Wildman–Crippen LogP) is 5.28. The van der Waals surface area contributed by atoms with Crippen molar-refractivity contribution < 1.29 is 0 Å². The van der Waals surface area contributed by atoms with Crippen molar-refractivity contribution in [3.63, 3.8) is 0 Å². The van der Waals surface area contributed by atoms with Gasteiger partial charge in [0.05, 0.1) is 0 Å². The lowest BCUT2D eigenvalue weighted by molar-refractivity contribution is 0.871. The van der Waals surface area contributed by atoms with Gasteiger partial charge in [0, 0.05) is 33.9 Å². The molecule has 3 N–H and O–H groups in total. The third-order valence-electron chi connectivity index (χ3n) is 4.59. The second-order valence-electron chi connectivity index (χ2n) is 6.30. The first-order chi connectivity index (χ1) is 12.0. The summed E-state index contributed by atoms with van der Waals surface area (Å²) in [6.45, 7) is 7.05. The largest absolute Gasteiger partial charge is 0.362 e. The number of hydrogen-bond acceptors (Lipinski definition) is 1. The number of thiocarbonyl (C=S) groups is 1. The van der Waals surface area contributed by atoms with Crippen LogP contribution in [0.25, 0.3) is 10.9 Å². The van der Waals surface area contributed by atoms with Gasteiger partial charge in [-0.2, -0.15) is 0 Å². The second-order valence-corrected chi connectivity index (χ2v) is 7.14. The Morgan fingerprint density at radius 2 is 1.96 bits per heavy atom. The summed E-state index contributed by atoms with van der Waals surface area (Å²) in [7, 11) is 0. The van der Waals surface area contributed by atoms with E-state index in [4.69, 9.17) is 23.8 Å². The third-order valence-corrected chi connectivity index (χ3v) is 5.08. The number of nitrogens with one attached hydrogen (secondary N) is 3. The predicted molar refractivity (Wildman–Crippen MR) is 112 cm³/mol. The van der Waals surface area contributed by atoms with Crippen molar-refractivity contribution in [1.82, 2.24) is 10.3 Å². The molecular formula is C20H22ClN3S. The van der Waals surface area contributed by atoms with Crippen LogP contribution in [0, 0.1) is 20.8 Å². The van der Waals surface area contributed by atoms with Crippen LogP contribution in [0.4, 0.5) is 5.69 Å². The number of aryl methyl sites for hydroxylation is 2. The van der Waals surface area contributed by atoms with Crippen molar-refractivity contribution >= 4 is 45.5 Å². The van der Waals surface area contributed by atoms with E-state index in [9.17, 15) is 0 Å². The van der Waals surface area contributed by atoms with Crippen molar-refractivity contribution in [3.8, 4) is 0 Å². The van der Waals surface area contributed by atoms with Crippen LogP contribution in [-0.4, -0.2) is 16.6 Å². The molecule has 0 amide bonds. The van der Waals surface area contributed by atoms with E-state index in [0.717, 1.165) is 29.2 Å². The molecule has 5 heteroatoms. The van der Waals surface area contributed by atoms with Crippen LogP contribution < -0.4 is 10.6 Å². The fourth-order valence-corrected chi connectivity index (χ4v) is 3.41. The summed E-state index contributed by atoms with van der Waals surface area (Å²) in [5.74, 6) is 0. The van der Waals surface area contributed by atoms with Crippen molar-refractivity contribution in [2.45, 2.75) is 27.2 Å². The van der Waals surface area contributed by atoms with Gasteiger partial charge in [0.25, 0.3) is 0 Å². The average molecular weight is 372 g/mol. The van der Waals surface area contributed by atoms with E-state index in [-0.39, 0.29) is 0 Å². The van der Waals surface area contributed by atoms with Gasteiger partial charge in [0.1, 0.15) is 0 Å². The Morgan fingerprint density at radius 1 is 1.16 bits per heavy atom. The van der Waals surface area contributed by atoms with Crippen LogP contribution in [0.5, 0.6) is 0 Å². The molecule has 130 valence electrons. The molecule has 0 aliphatic heterocycles. The number of anilines is 1. The van der Waals surface area contributed by atoms with Crippen molar-refractivity contribution in [3.05, 3.63) is 63.8 Å². The summed E-state index contributed by atoms with van der Waals surface area (Å²) >= 11 is 11.6. The van der Waals surface area contributed by atoms with Crippen molar-refractivity contribution in [1.29, 1.82) is 0 Å². The van der Waals surface area contributed by atoms with Gasteiger partial charge in [0.15, 0.2) is 5.11 Å². The minimum absolute atomic E-state index is 0.643. The highest BCUT2D eigenvalue weighted by Gasteiger charge is 2.09. The Kier molecular flexibility index (Phi) is 5.30. The second kappa shape index (κ2) is 7.46. The van der Waals surface area contributed by atoms with Gasteiger partial charge in [-0.15, -0.1) is 0 Å². The number of hydrogen-bond donors (Lipinski definition) is 3. The number of benzene rings is 2. The first kappa shape index (κ1) is 17.8. The normalized spacial score (nSPS) is 10.9. The van der Waals surface area contributed by atoms with Gasteiger partial charge in [-0.1, -0.05) is 23.7 Å². The molecule has 1 heterocycles. The highest BCUT2D eigenvalue weighted by Crippen LogP contribution is 2.25. The quantitative estimate of drug-likeness (QED) is 0.547. The van der Waals surface area contributed by atoms with Crippen LogP contribution >= 0.6 is 23.8 Å².